The zero-order valence-corrected chi connectivity index (χ0v) is 10.7. The third-order valence-corrected chi connectivity index (χ3v) is 2.68. The van der Waals surface area contributed by atoms with Crippen molar-refractivity contribution < 1.29 is 14.6 Å². The molecule has 0 aliphatic carbocycles. The number of imidazole rings is 1. The van der Waals surface area contributed by atoms with Crippen molar-refractivity contribution in [3.05, 3.63) is 36.3 Å². The van der Waals surface area contributed by atoms with E-state index < -0.39 is 5.97 Å². The molecule has 0 unspecified atom stereocenters. The summed E-state index contributed by atoms with van der Waals surface area (Å²) < 4.78 is 5.38. The van der Waals surface area contributed by atoms with Gasteiger partial charge in [0.1, 0.15) is 11.6 Å². The standard InChI is InChI=1S/C14H16N2O3/c1-2-19-11-5-3-10(4-6-11)12-9-15-13(16-12)7-8-14(17)18/h3-6,9H,2,7-8H2,1H3,(H,15,16)(H,17,18). The van der Waals surface area contributed by atoms with Crippen molar-refractivity contribution in [2.45, 2.75) is 19.8 Å². The molecule has 2 rings (SSSR count). The Kier molecular flexibility index (Phi) is 4.18. The molecule has 0 atom stereocenters. The highest BCUT2D eigenvalue weighted by Gasteiger charge is 2.05. The molecule has 0 saturated carbocycles. The number of carbonyl (C=O) groups is 1. The lowest BCUT2D eigenvalue weighted by Crippen LogP contribution is -1.98. The number of carboxylic acids is 1. The zero-order chi connectivity index (χ0) is 13.7. The predicted octanol–water partition coefficient (Wildman–Crippen LogP) is 2.49. The molecule has 100 valence electrons. The van der Waals surface area contributed by atoms with Crippen LogP contribution in [0.5, 0.6) is 5.75 Å². The van der Waals surface area contributed by atoms with Crippen molar-refractivity contribution in [3.8, 4) is 17.0 Å². The first-order valence-corrected chi connectivity index (χ1v) is 6.18. The number of benzene rings is 1. The molecule has 2 aromatic rings. The summed E-state index contributed by atoms with van der Waals surface area (Å²) in [5.74, 6) is 0.696. The topological polar surface area (TPSA) is 75.2 Å². The highest BCUT2D eigenvalue weighted by Crippen LogP contribution is 2.21. The summed E-state index contributed by atoms with van der Waals surface area (Å²) >= 11 is 0. The smallest absolute Gasteiger partial charge is 0.303 e. The molecule has 0 amide bonds. The van der Waals surface area contributed by atoms with E-state index in [4.69, 9.17) is 9.84 Å². The molecule has 1 heterocycles. The SMILES string of the molecule is CCOc1ccc(-c2cnc(CCC(=O)O)[nH]2)cc1. The summed E-state index contributed by atoms with van der Waals surface area (Å²) in [4.78, 5) is 17.8. The van der Waals surface area contributed by atoms with Gasteiger partial charge >= 0.3 is 5.97 Å². The molecule has 0 aliphatic heterocycles. The molecule has 0 aliphatic rings. The summed E-state index contributed by atoms with van der Waals surface area (Å²) in [5, 5.41) is 8.62. The van der Waals surface area contributed by atoms with E-state index in [9.17, 15) is 4.79 Å². The molecular weight excluding hydrogens is 244 g/mol. The molecule has 1 aromatic carbocycles. The van der Waals surface area contributed by atoms with Crippen LogP contribution in [0.1, 0.15) is 19.2 Å². The Balaban J connectivity index is 2.07. The summed E-state index contributed by atoms with van der Waals surface area (Å²) in [6.45, 7) is 2.58. The van der Waals surface area contributed by atoms with Gasteiger partial charge in [-0.1, -0.05) is 0 Å². The number of ether oxygens (including phenoxy) is 1. The lowest BCUT2D eigenvalue weighted by molar-refractivity contribution is -0.137. The minimum Gasteiger partial charge on any atom is -0.494 e. The van der Waals surface area contributed by atoms with Crippen molar-refractivity contribution in [2.24, 2.45) is 0 Å². The van der Waals surface area contributed by atoms with Gasteiger partial charge < -0.3 is 14.8 Å². The molecule has 0 saturated heterocycles. The Hall–Kier alpha value is -2.30. The summed E-state index contributed by atoms with van der Waals surface area (Å²) in [7, 11) is 0. The largest absolute Gasteiger partial charge is 0.494 e. The van der Waals surface area contributed by atoms with Gasteiger partial charge in [0.25, 0.3) is 0 Å². The van der Waals surface area contributed by atoms with Crippen molar-refractivity contribution in [1.82, 2.24) is 9.97 Å². The summed E-state index contributed by atoms with van der Waals surface area (Å²) in [6.07, 6.45) is 2.20. The number of nitrogens with zero attached hydrogens (tertiary/aromatic N) is 1. The number of aliphatic carboxylic acids is 1. The quantitative estimate of drug-likeness (QED) is 0.836. The fourth-order valence-electron chi connectivity index (χ4n) is 1.76. The lowest BCUT2D eigenvalue weighted by atomic mass is 10.2. The van der Waals surface area contributed by atoms with E-state index in [1.165, 1.54) is 0 Å². The first-order valence-electron chi connectivity index (χ1n) is 6.18. The maximum atomic E-state index is 10.5. The van der Waals surface area contributed by atoms with Crippen molar-refractivity contribution in [3.63, 3.8) is 0 Å². The monoisotopic (exact) mass is 260 g/mol. The van der Waals surface area contributed by atoms with Crippen LogP contribution in [-0.2, 0) is 11.2 Å². The maximum Gasteiger partial charge on any atom is 0.303 e. The molecule has 1 aromatic heterocycles. The predicted molar refractivity (Wildman–Crippen MR) is 71.1 cm³/mol. The van der Waals surface area contributed by atoms with Crippen LogP contribution >= 0.6 is 0 Å². The van der Waals surface area contributed by atoms with E-state index in [1.54, 1.807) is 6.20 Å². The first-order chi connectivity index (χ1) is 9.19. The number of aryl methyl sites for hydroxylation is 1. The number of rotatable bonds is 6. The normalized spacial score (nSPS) is 10.4. The fourth-order valence-corrected chi connectivity index (χ4v) is 1.76. The van der Waals surface area contributed by atoms with E-state index >= 15 is 0 Å². The van der Waals surface area contributed by atoms with E-state index in [0.717, 1.165) is 17.0 Å². The second-order valence-electron chi connectivity index (χ2n) is 4.09. The van der Waals surface area contributed by atoms with Gasteiger partial charge in [-0.15, -0.1) is 0 Å². The van der Waals surface area contributed by atoms with Crippen LogP contribution in [0.2, 0.25) is 0 Å². The van der Waals surface area contributed by atoms with Gasteiger partial charge in [0, 0.05) is 6.42 Å². The number of hydrogen-bond acceptors (Lipinski definition) is 3. The zero-order valence-electron chi connectivity index (χ0n) is 10.7. The van der Waals surface area contributed by atoms with Crippen molar-refractivity contribution >= 4 is 5.97 Å². The van der Waals surface area contributed by atoms with Gasteiger partial charge in [-0.25, -0.2) is 4.98 Å². The summed E-state index contributed by atoms with van der Waals surface area (Å²) in [5.41, 5.74) is 1.88. The maximum absolute atomic E-state index is 10.5. The number of H-pyrrole nitrogens is 1. The summed E-state index contributed by atoms with van der Waals surface area (Å²) in [6, 6.07) is 7.69. The van der Waals surface area contributed by atoms with Crippen molar-refractivity contribution in [2.75, 3.05) is 6.61 Å². The highest BCUT2D eigenvalue weighted by atomic mass is 16.5. The Morgan fingerprint density at radius 1 is 1.37 bits per heavy atom. The average Bonchev–Trinajstić information content (AvgIpc) is 2.86. The van der Waals surface area contributed by atoms with E-state index in [0.29, 0.717) is 18.9 Å². The van der Waals surface area contributed by atoms with E-state index in [1.807, 2.05) is 31.2 Å². The van der Waals surface area contributed by atoms with E-state index in [-0.39, 0.29) is 6.42 Å². The molecular formula is C14H16N2O3. The number of aromatic nitrogens is 2. The average molecular weight is 260 g/mol. The van der Waals surface area contributed by atoms with Gasteiger partial charge in [-0.2, -0.15) is 0 Å². The molecule has 2 N–H and O–H groups in total. The van der Waals surface area contributed by atoms with Gasteiger partial charge in [0.05, 0.1) is 24.9 Å². The van der Waals surface area contributed by atoms with Crippen LogP contribution in [0, 0.1) is 0 Å². The molecule has 0 radical (unpaired) electrons. The van der Waals surface area contributed by atoms with Gasteiger partial charge in [-0.3, -0.25) is 4.79 Å². The number of carboxylic acid groups (broad SMARTS) is 1. The molecule has 19 heavy (non-hydrogen) atoms. The molecule has 5 heteroatoms. The number of hydrogen-bond donors (Lipinski definition) is 2. The molecule has 5 nitrogen and oxygen atoms in total. The van der Waals surface area contributed by atoms with Crippen LogP contribution in [0.3, 0.4) is 0 Å². The van der Waals surface area contributed by atoms with Gasteiger partial charge in [0.15, 0.2) is 0 Å². The Morgan fingerprint density at radius 3 is 2.74 bits per heavy atom. The van der Waals surface area contributed by atoms with Crippen LogP contribution in [0.25, 0.3) is 11.3 Å². The van der Waals surface area contributed by atoms with Gasteiger partial charge in [-0.05, 0) is 36.8 Å². The van der Waals surface area contributed by atoms with Crippen LogP contribution in [-0.4, -0.2) is 27.7 Å². The molecule has 0 fully saturated rings. The minimum atomic E-state index is -0.820. The second kappa shape index (κ2) is 6.04. The first kappa shape index (κ1) is 13.1. The highest BCUT2D eigenvalue weighted by molar-refractivity contribution is 5.67. The molecule has 0 spiro atoms. The molecule has 0 bridgehead atoms. The second-order valence-corrected chi connectivity index (χ2v) is 4.09. The van der Waals surface area contributed by atoms with Crippen LogP contribution in [0.15, 0.2) is 30.5 Å². The lowest BCUT2D eigenvalue weighted by Gasteiger charge is -2.03. The Morgan fingerprint density at radius 2 is 2.11 bits per heavy atom. The van der Waals surface area contributed by atoms with Crippen LogP contribution < -0.4 is 4.74 Å². The fraction of sp³-hybridized carbons (Fsp3) is 0.286. The van der Waals surface area contributed by atoms with Crippen molar-refractivity contribution in [1.29, 1.82) is 0 Å². The third-order valence-electron chi connectivity index (χ3n) is 2.68. The van der Waals surface area contributed by atoms with Crippen LogP contribution in [0.4, 0.5) is 0 Å². The number of aromatic amines is 1. The van der Waals surface area contributed by atoms with Gasteiger partial charge in [0.2, 0.25) is 0 Å². The Labute approximate surface area is 111 Å². The van der Waals surface area contributed by atoms with E-state index in [2.05, 4.69) is 9.97 Å². The third kappa shape index (κ3) is 3.58. The number of nitrogens with one attached hydrogen (secondary N) is 1. The Bertz CT molecular complexity index is 546. The minimum absolute atomic E-state index is 0.0796.